The van der Waals surface area contributed by atoms with Crippen molar-refractivity contribution in [2.75, 3.05) is 12.3 Å². The molecule has 0 bridgehead atoms. The van der Waals surface area contributed by atoms with E-state index >= 15 is 0 Å². The fourth-order valence-electron chi connectivity index (χ4n) is 8.13. The molecule has 2 saturated heterocycles. The number of hydrogen-bond acceptors (Lipinski definition) is 7. The summed E-state index contributed by atoms with van der Waals surface area (Å²) >= 11 is 0. The highest BCUT2D eigenvalue weighted by Crippen LogP contribution is 2.65. The molecule has 4 aliphatic rings. The minimum atomic E-state index is -3.39. The Morgan fingerprint density at radius 2 is 1.61 bits per heavy atom. The van der Waals surface area contributed by atoms with Crippen LogP contribution in [-0.4, -0.2) is 90.5 Å². The summed E-state index contributed by atoms with van der Waals surface area (Å²) in [5.41, 5.74) is 3.02. The Kier molecular flexibility index (Phi) is 10.2. The highest BCUT2D eigenvalue weighted by molar-refractivity contribution is 7.92. The molecule has 46 heavy (non-hydrogen) atoms. The van der Waals surface area contributed by atoms with E-state index in [-0.39, 0.29) is 29.5 Å². The first kappa shape index (κ1) is 36.0. The molecule has 0 radical (unpaired) electrons. The largest absolute Gasteiger partial charge is 0.363 e. The van der Waals surface area contributed by atoms with Gasteiger partial charge in [0.15, 0.2) is 9.84 Å². The van der Waals surface area contributed by atoms with E-state index in [1.54, 1.807) is 20.8 Å². The van der Waals surface area contributed by atoms with Crippen molar-refractivity contribution in [3.8, 4) is 0 Å². The molecule has 0 aromatic heterocycles. The number of rotatable bonds is 11. The zero-order valence-electron chi connectivity index (χ0n) is 27.4. The van der Waals surface area contributed by atoms with Gasteiger partial charge in [0.05, 0.1) is 22.6 Å². The Morgan fingerprint density at radius 3 is 2.13 bits per heavy atom. The van der Waals surface area contributed by atoms with Crippen molar-refractivity contribution in [2.45, 2.75) is 128 Å². The number of fused-ring (bicyclic) bond motifs is 1. The number of Topliss-reactive ketones (excluding diaryl/α,β-unsaturated/α-hetero) is 1. The summed E-state index contributed by atoms with van der Waals surface area (Å²) in [4.78, 5) is 67.0. The summed E-state index contributed by atoms with van der Waals surface area (Å²) in [6.45, 7) is 9.36. The Labute approximate surface area is 269 Å². The van der Waals surface area contributed by atoms with Crippen LogP contribution in [0.15, 0.2) is 0 Å². The molecule has 2 aliphatic heterocycles. The van der Waals surface area contributed by atoms with Gasteiger partial charge >= 0.3 is 6.03 Å². The topological polar surface area (TPSA) is 185 Å². The zero-order chi connectivity index (χ0) is 34.4. The van der Waals surface area contributed by atoms with Crippen LogP contribution in [0, 0.1) is 22.7 Å². The standard InChI is InChI=1S/C31H49F2N5O7S/c1-29(2,3)24(36-28(43)37-31(13-7-6-8-14-31)19-10-9-15-46(19,44)45)27(42)38-16-17-21(30(17,4)5)22(38)26(41)35-18(11-12-20(32)33)23(39)25(34)40/h17-22,24H,6-16H2,1-5H3,(H2,34,40)(H,35,41)(H2,36,37,43)/t17-,18?,19?,21-,22-,24+/m0/s1. The van der Waals surface area contributed by atoms with Crippen LogP contribution < -0.4 is 21.7 Å². The summed E-state index contributed by atoms with van der Waals surface area (Å²) in [5, 5.41) is 7.52. The molecule has 6 atom stereocenters. The summed E-state index contributed by atoms with van der Waals surface area (Å²) in [6, 6.07) is -4.43. The van der Waals surface area contributed by atoms with E-state index in [4.69, 9.17) is 5.73 Å². The Hall–Kier alpha value is -2.84. The third kappa shape index (κ3) is 7.18. The molecule has 2 unspecified atom stereocenters. The van der Waals surface area contributed by atoms with E-state index in [1.165, 1.54) is 4.90 Å². The predicted octanol–water partition coefficient (Wildman–Crippen LogP) is 2.05. The first-order chi connectivity index (χ1) is 21.2. The summed E-state index contributed by atoms with van der Waals surface area (Å²) in [5.74, 6) is -4.16. The Bertz CT molecular complexity index is 1340. The number of ketones is 1. The molecule has 2 saturated carbocycles. The fourth-order valence-corrected chi connectivity index (χ4v) is 10.5. The lowest BCUT2D eigenvalue weighted by molar-refractivity contribution is -0.145. The van der Waals surface area contributed by atoms with Crippen LogP contribution in [0.4, 0.5) is 13.6 Å². The van der Waals surface area contributed by atoms with Crippen molar-refractivity contribution in [1.82, 2.24) is 20.9 Å². The number of carbonyl (C=O) groups excluding carboxylic acids is 5. The van der Waals surface area contributed by atoms with Gasteiger partial charge in [0, 0.05) is 13.0 Å². The molecule has 5 N–H and O–H groups in total. The first-order valence-electron chi connectivity index (χ1n) is 16.3. The molecule has 0 aromatic rings. The highest BCUT2D eigenvalue weighted by Gasteiger charge is 2.70. The first-order valence-corrected chi connectivity index (χ1v) is 18.0. The molecular formula is C31H49F2N5O7S. The van der Waals surface area contributed by atoms with Gasteiger partial charge in [0.1, 0.15) is 12.1 Å². The predicted molar refractivity (Wildman–Crippen MR) is 165 cm³/mol. The molecule has 2 aliphatic carbocycles. The maximum atomic E-state index is 14.3. The lowest BCUT2D eigenvalue weighted by Gasteiger charge is -2.43. The normalized spacial score (nSPS) is 28.9. The second-order valence-electron chi connectivity index (χ2n) is 15.3. The van der Waals surface area contributed by atoms with Crippen LogP contribution in [0.25, 0.3) is 0 Å². The number of carbonyl (C=O) groups is 5. The number of nitrogens with one attached hydrogen (secondary N) is 3. The molecule has 4 rings (SSSR count). The third-order valence-corrected chi connectivity index (χ3v) is 13.2. The van der Waals surface area contributed by atoms with Crippen molar-refractivity contribution in [3.63, 3.8) is 0 Å². The van der Waals surface area contributed by atoms with Gasteiger partial charge in [-0.1, -0.05) is 53.9 Å². The number of amides is 5. The minimum absolute atomic E-state index is 0.0638. The monoisotopic (exact) mass is 673 g/mol. The summed E-state index contributed by atoms with van der Waals surface area (Å²) in [6.07, 6.45) is 0.480. The van der Waals surface area contributed by atoms with Crippen LogP contribution in [0.5, 0.6) is 0 Å². The smallest absolute Gasteiger partial charge is 0.315 e. The number of halogens is 2. The summed E-state index contributed by atoms with van der Waals surface area (Å²) in [7, 11) is -3.39. The maximum absolute atomic E-state index is 14.3. The van der Waals surface area contributed by atoms with E-state index in [1.807, 2.05) is 13.8 Å². The van der Waals surface area contributed by atoms with Gasteiger partial charge < -0.3 is 26.6 Å². The average Bonchev–Trinajstić information content (AvgIpc) is 3.27. The van der Waals surface area contributed by atoms with Crippen molar-refractivity contribution >= 4 is 39.4 Å². The Morgan fingerprint density at radius 1 is 0.978 bits per heavy atom. The van der Waals surface area contributed by atoms with Crippen LogP contribution >= 0.6 is 0 Å². The van der Waals surface area contributed by atoms with Crippen molar-refractivity contribution in [2.24, 2.45) is 28.4 Å². The average molecular weight is 674 g/mol. The molecule has 5 amide bonds. The SMILES string of the molecule is CC(C)(C)[C@H](NC(=O)NC1(C2CCCS2(=O)=O)CCCCC1)C(=O)N1C[C@H]2[C@@H]([C@H]1C(=O)NC(CCC(F)F)C(=O)C(N)=O)C2(C)C. The number of primary amides is 1. The molecule has 15 heteroatoms. The fraction of sp³-hybridized carbons (Fsp3) is 0.839. The Balaban J connectivity index is 1.56. The van der Waals surface area contributed by atoms with E-state index in [9.17, 15) is 41.2 Å². The maximum Gasteiger partial charge on any atom is 0.315 e. The number of nitrogens with zero attached hydrogens (tertiary/aromatic N) is 1. The number of urea groups is 1. The van der Waals surface area contributed by atoms with Crippen molar-refractivity contribution in [1.29, 1.82) is 0 Å². The van der Waals surface area contributed by atoms with Gasteiger partial charge in [-0.25, -0.2) is 22.0 Å². The molecule has 2 heterocycles. The van der Waals surface area contributed by atoms with Crippen LogP contribution in [-0.2, 0) is 29.0 Å². The van der Waals surface area contributed by atoms with Gasteiger partial charge in [-0.15, -0.1) is 0 Å². The van der Waals surface area contributed by atoms with Gasteiger partial charge in [-0.2, -0.15) is 0 Å². The molecular weight excluding hydrogens is 624 g/mol. The number of hydrogen-bond donors (Lipinski definition) is 4. The number of likely N-dealkylation sites (tertiary alicyclic amines) is 1. The molecule has 0 aromatic carbocycles. The van der Waals surface area contributed by atoms with Gasteiger partial charge in [-0.3, -0.25) is 19.2 Å². The molecule has 4 fully saturated rings. The molecule has 12 nitrogen and oxygen atoms in total. The second kappa shape index (κ2) is 13.0. The highest BCUT2D eigenvalue weighted by atomic mass is 32.2. The van der Waals surface area contributed by atoms with Crippen molar-refractivity contribution < 1.29 is 41.2 Å². The number of sulfone groups is 1. The van der Waals surface area contributed by atoms with Gasteiger partial charge in [0.25, 0.3) is 5.91 Å². The number of alkyl halides is 2. The van der Waals surface area contributed by atoms with Crippen LogP contribution in [0.1, 0.15) is 92.4 Å². The van der Waals surface area contributed by atoms with Crippen molar-refractivity contribution in [3.05, 3.63) is 0 Å². The molecule has 0 spiro atoms. The quantitative estimate of drug-likeness (QED) is 0.242. The molecule has 260 valence electrons. The van der Waals surface area contributed by atoms with Gasteiger partial charge in [-0.05, 0) is 54.8 Å². The summed E-state index contributed by atoms with van der Waals surface area (Å²) < 4.78 is 51.9. The van der Waals surface area contributed by atoms with E-state index < -0.39 is 93.0 Å². The van der Waals surface area contributed by atoms with E-state index in [2.05, 4.69) is 16.0 Å². The third-order valence-electron chi connectivity index (χ3n) is 10.8. The van der Waals surface area contributed by atoms with Crippen LogP contribution in [0.2, 0.25) is 0 Å². The lowest BCUT2D eigenvalue weighted by Crippen LogP contribution is -2.65. The van der Waals surface area contributed by atoms with E-state index in [0.29, 0.717) is 25.7 Å². The minimum Gasteiger partial charge on any atom is -0.363 e. The lowest BCUT2D eigenvalue weighted by atomic mass is 9.78. The van der Waals surface area contributed by atoms with Gasteiger partial charge in [0.2, 0.25) is 24.0 Å². The van der Waals surface area contributed by atoms with Crippen LogP contribution in [0.3, 0.4) is 0 Å². The zero-order valence-corrected chi connectivity index (χ0v) is 28.2. The second-order valence-corrected chi connectivity index (χ2v) is 17.6. The number of nitrogens with two attached hydrogens (primary N) is 1. The number of piperidine rings is 1. The van der Waals surface area contributed by atoms with E-state index in [0.717, 1.165) is 19.3 Å².